The minimum Gasteiger partial charge on any atom is -0.493 e. The Morgan fingerprint density at radius 1 is 0.837 bits per heavy atom. The van der Waals surface area contributed by atoms with Crippen molar-refractivity contribution in [2.75, 3.05) is 19.7 Å². The van der Waals surface area contributed by atoms with Crippen LogP contribution in [0, 0.1) is 23.4 Å². The van der Waals surface area contributed by atoms with Crippen molar-refractivity contribution < 1.29 is 53.9 Å². The Bertz CT molecular complexity index is 1760. The third kappa shape index (κ3) is 7.88. The summed E-state index contributed by atoms with van der Waals surface area (Å²) in [5.41, 5.74) is 1.22. The van der Waals surface area contributed by atoms with Gasteiger partial charge in [-0.2, -0.15) is 13.2 Å². The maximum absolute atomic E-state index is 15.4. The Kier molecular flexibility index (Phi) is 9.68. The number of ether oxygens (including phenoxy) is 1. The summed E-state index contributed by atoms with van der Waals surface area (Å²) in [7, 11) is -4.84. The van der Waals surface area contributed by atoms with Gasteiger partial charge in [0.15, 0.2) is 0 Å². The van der Waals surface area contributed by atoms with E-state index < -0.39 is 49.2 Å². The normalized spacial score (nSPS) is 17.6. The van der Waals surface area contributed by atoms with Crippen LogP contribution in [0.1, 0.15) is 77.5 Å². The molecule has 0 spiro atoms. The quantitative estimate of drug-likeness (QED) is 0.169. The molecule has 2 saturated carbocycles. The third-order valence-electron chi connectivity index (χ3n) is 8.95. The van der Waals surface area contributed by atoms with E-state index in [0.717, 1.165) is 23.3 Å². The van der Waals surface area contributed by atoms with Gasteiger partial charge in [0, 0.05) is 6.07 Å². The highest BCUT2D eigenvalue weighted by molar-refractivity contribution is 7.90. The minimum atomic E-state index is -5.61. The highest BCUT2D eigenvalue weighted by Gasteiger charge is 2.50. The van der Waals surface area contributed by atoms with Gasteiger partial charge in [0.1, 0.15) is 23.2 Å². The Balaban J connectivity index is 1.16. The number of hydroxylamine groups is 1. The fraction of sp³-hybridized carbons (Fsp3) is 0.412. The van der Waals surface area contributed by atoms with Crippen LogP contribution in [0.25, 0.3) is 0 Å². The topological polar surface area (TPSA) is 93.2 Å². The Morgan fingerprint density at radius 2 is 1.39 bits per heavy atom. The summed E-state index contributed by atoms with van der Waals surface area (Å²) >= 11 is 0. The molecule has 262 valence electrons. The van der Waals surface area contributed by atoms with Gasteiger partial charge in [-0.05, 0) is 110 Å². The zero-order valence-corrected chi connectivity index (χ0v) is 26.8. The number of hydrogen-bond acceptors (Lipinski definition) is 7. The van der Waals surface area contributed by atoms with Gasteiger partial charge >= 0.3 is 18.1 Å². The first-order chi connectivity index (χ1) is 23.2. The van der Waals surface area contributed by atoms with Crippen LogP contribution in [0.3, 0.4) is 0 Å². The van der Waals surface area contributed by atoms with Crippen LogP contribution in [0.4, 0.5) is 26.3 Å². The van der Waals surface area contributed by atoms with Crippen LogP contribution in [0.15, 0.2) is 60.7 Å². The number of alkyl halides is 3. The molecule has 3 aromatic rings. The van der Waals surface area contributed by atoms with Crippen LogP contribution in [0.5, 0.6) is 5.75 Å². The number of benzene rings is 3. The van der Waals surface area contributed by atoms with Crippen molar-refractivity contribution >= 4 is 21.9 Å². The Hall–Kier alpha value is -4.11. The van der Waals surface area contributed by atoms with Gasteiger partial charge in [-0.25, -0.2) is 26.4 Å². The predicted octanol–water partition coefficient (Wildman–Crippen LogP) is 6.82. The standard InChI is InChI=1S/C34H32F6N2O6S/c35-24-7-3-22(4-8-24)31(23-5-9-25(36)10-6-23)41-15-13-20(14-16-41)19-47-30-18-29(37)28(17-27(30)21-1-2-21)32(43)42(48-33(44)34(38,39)40)49(45,46)26-11-12-26/h3-10,17-18,20-21,26,31H,1-2,11-16,19H2. The number of carbonyl (C=O) groups is 2. The van der Waals surface area contributed by atoms with Crippen LogP contribution in [-0.4, -0.2) is 60.8 Å². The van der Waals surface area contributed by atoms with Crippen molar-refractivity contribution in [1.29, 1.82) is 0 Å². The van der Waals surface area contributed by atoms with Gasteiger partial charge < -0.3 is 9.57 Å². The number of likely N-dealkylation sites (tertiary alicyclic amines) is 1. The highest BCUT2D eigenvalue weighted by Crippen LogP contribution is 2.46. The first kappa shape index (κ1) is 34.7. The molecule has 3 fully saturated rings. The zero-order valence-electron chi connectivity index (χ0n) is 26.0. The number of halogens is 6. The molecule has 1 aliphatic heterocycles. The number of nitrogens with zero attached hydrogens (tertiary/aromatic N) is 2. The Morgan fingerprint density at radius 3 is 1.88 bits per heavy atom. The van der Waals surface area contributed by atoms with Crippen molar-refractivity contribution in [3.8, 4) is 5.75 Å². The van der Waals surface area contributed by atoms with E-state index in [0.29, 0.717) is 44.3 Å². The molecule has 3 aromatic carbocycles. The van der Waals surface area contributed by atoms with E-state index in [-0.39, 0.29) is 54.7 Å². The van der Waals surface area contributed by atoms with E-state index in [1.807, 2.05) is 0 Å². The summed E-state index contributed by atoms with van der Waals surface area (Å²) in [6.07, 6.45) is -2.85. The lowest BCUT2D eigenvalue weighted by molar-refractivity contribution is -0.217. The number of carbonyl (C=O) groups excluding carboxylic acids is 2. The van der Waals surface area contributed by atoms with E-state index in [2.05, 4.69) is 9.74 Å². The molecule has 6 rings (SSSR count). The molecule has 8 nitrogen and oxygen atoms in total. The second-order valence-electron chi connectivity index (χ2n) is 12.6. The van der Waals surface area contributed by atoms with Crippen molar-refractivity contribution in [1.82, 2.24) is 9.37 Å². The number of piperidine rings is 1. The summed E-state index contributed by atoms with van der Waals surface area (Å²) in [6.45, 7) is 1.42. The molecular weight excluding hydrogens is 678 g/mol. The van der Waals surface area contributed by atoms with E-state index in [9.17, 15) is 40.0 Å². The lowest BCUT2D eigenvalue weighted by Crippen LogP contribution is -2.44. The Labute approximate surface area is 278 Å². The molecule has 0 aromatic heterocycles. The summed E-state index contributed by atoms with van der Waals surface area (Å²) in [4.78, 5) is 31.0. The van der Waals surface area contributed by atoms with Gasteiger partial charge in [0.2, 0.25) is 0 Å². The number of sulfonamides is 1. The zero-order chi connectivity index (χ0) is 35.1. The van der Waals surface area contributed by atoms with Gasteiger partial charge in [-0.15, -0.1) is 0 Å². The van der Waals surface area contributed by atoms with Crippen LogP contribution in [-0.2, 0) is 19.7 Å². The molecule has 0 N–H and O–H groups in total. The van der Waals surface area contributed by atoms with Gasteiger partial charge in [0.05, 0.1) is 23.5 Å². The van der Waals surface area contributed by atoms with Crippen molar-refractivity contribution in [2.24, 2.45) is 5.92 Å². The van der Waals surface area contributed by atoms with Crippen LogP contribution >= 0.6 is 0 Å². The monoisotopic (exact) mass is 710 g/mol. The average Bonchev–Trinajstić information content (AvgIpc) is 3.98. The number of hydrogen-bond donors (Lipinski definition) is 0. The molecule has 0 radical (unpaired) electrons. The molecule has 1 saturated heterocycles. The second-order valence-corrected chi connectivity index (χ2v) is 14.6. The average molecular weight is 711 g/mol. The maximum Gasteiger partial charge on any atom is 0.493 e. The molecule has 15 heteroatoms. The molecule has 3 aliphatic rings. The van der Waals surface area contributed by atoms with Crippen LogP contribution in [0.2, 0.25) is 0 Å². The first-order valence-corrected chi connectivity index (χ1v) is 17.3. The first-order valence-electron chi connectivity index (χ1n) is 15.8. The lowest BCUT2D eigenvalue weighted by atomic mass is 9.91. The van der Waals surface area contributed by atoms with E-state index >= 15 is 4.39 Å². The largest absolute Gasteiger partial charge is 0.493 e. The smallest absolute Gasteiger partial charge is 0.493 e. The fourth-order valence-corrected chi connectivity index (χ4v) is 7.50. The molecule has 0 bridgehead atoms. The molecule has 1 heterocycles. The third-order valence-corrected chi connectivity index (χ3v) is 11.0. The molecule has 0 unspecified atom stereocenters. The van der Waals surface area contributed by atoms with Crippen molar-refractivity contribution in [3.63, 3.8) is 0 Å². The van der Waals surface area contributed by atoms with Gasteiger partial charge in [-0.3, -0.25) is 9.69 Å². The van der Waals surface area contributed by atoms with Crippen molar-refractivity contribution in [2.45, 2.75) is 61.9 Å². The molecule has 2 aliphatic carbocycles. The predicted molar refractivity (Wildman–Crippen MR) is 163 cm³/mol. The molecular formula is C34H32F6N2O6S. The van der Waals surface area contributed by atoms with E-state index in [1.54, 1.807) is 24.3 Å². The van der Waals surface area contributed by atoms with E-state index in [4.69, 9.17) is 4.74 Å². The van der Waals surface area contributed by atoms with Crippen LogP contribution < -0.4 is 4.74 Å². The second kappa shape index (κ2) is 13.7. The molecule has 0 atom stereocenters. The van der Waals surface area contributed by atoms with Gasteiger partial charge in [-0.1, -0.05) is 28.7 Å². The molecule has 49 heavy (non-hydrogen) atoms. The fourth-order valence-electron chi connectivity index (χ4n) is 6.00. The van der Waals surface area contributed by atoms with Crippen molar-refractivity contribution in [3.05, 3.63) is 100 Å². The number of amides is 1. The van der Waals surface area contributed by atoms with Gasteiger partial charge in [0.25, 0.3) is 10.0 Å². The summed E-state index contributed by atoms with van der Waals surface area (Å²) in [6, 6.07) is 14.0. The lowest BCUT2D eigenvalue weighted by Gasteiger charge is -2.38. The summed E-state index contributed by atoms with van der Waals surface area (Å²) in [5, 5.41) is -1.24. The number of rotatable bonds is 10. The molecule has 1 amide bonds. The SMILES string of the molecule is O=C(c1cc(C2CC2)c(OCC2CCN(C(c3ccc(F)cc3)c3ccc(F)cc3)CC2)cc1F)N(OC(=O)C(F)(F)F)S(=O)(=O)C1CC1. The maximum atomic E-state index is 15.4. The summed E-state index contributed by atoms with van der Waals surface area (Å²) in [5.74, 6) is -6.67. The highest BCUT2D eigenvalue weighted by atomic mass is 32.2. The van der Waals surface area contributed by atoms with E-state index in [1.165, 1.54) is 24.3 Å². The summed E-state index contributed by atoms with van der Waals surface area (Å²) < 4.78 is 113. The minimum absolute atomic E-state index is 0.0377.